The van der Waals surface area contributed by atoms with Gasteiger partial charge in [-0.1, -0.05) is 123 Å². The molecule has 8 rings (SSSR count). The number of hydrogen-bond acceptors (Lipinski definition) is 3. The number of rotatable bonds is 6. The number of amidine groups is 1. The number of fused-ring (bicyclic) bond motifs is 7. The zero-order chi connectivity index (χ0) is 33.7. The fraction of sp³-hybridized carbons (Fsp3) is 0.114. The molecular weight excluding hydrogens is 599 g/mol. The van der Waals surface area contributed by atoms with Gasteiger partial charge in [-0.3, -0.25) is 10.4 Å². The number of hydrogen-bond donors (Lipinski definition) is 1. The fourth-order valence-corrected chi connectivity index (χ4v) is 7.51. The van der Waals surface area contributed by atoms with Crippen molar-refractivity contribution in [3.8, 4) is 22.9 Å². The van der Waals surface area contributed by atoms with Gasteiger partial charge in [-0.2, -0.15) is 5.26 Å². The van der Waals surface area contributed by atoms with Crippen LogP contribution in [0.4, 0.5) is 0 Å². The molecule has 0 saturated carbocycles. The lowest BCUT2D eigenvalue weighted by atomic mass is 9.82. The van der Waals surface area contributed by atoms with Gasteiger partial charge in [-0.25, -0.2) is 0 Å². The second kappa shape index (κ2) is 11.8. The highest BCUT2D eigenvalue weighted by atomic mass is 15.2. The van der Waals surface area contributed by atoms with Gasteiger partial charge in [0.05, 0.1) is 22.7 Å². The Balaban J connectivity index is 1.25. The molecule has 236 valence electrons. The summed E-state index contributed by atoms with van der Waals surface area (Å²) in [5.74, 6) is 0.291. The molecule has 7 aromatic rings. The van der Waals surface area contributed by atoms with Gasteiger partial charge >= 0.3 is 0 Å². The SMILES string of the molecule is CN(C(=N)c1cccc(C#N)c1)C(/N=C/c1cccc(-n2c3ccccc3c3ccc4c(c32)-c2ccccc2C4(C)C)c1)c1ccccc1. The van der Waals surface area contributed by atoms with Crippen LogP contribution in [-0.2, 0) is 5.41 Å². The summed E-state index contributed by atoms with van der Waals surface area (Å²) >= 11 is 0. The first-order valence-electron chi connectivity index (χ1n) is 16.5. The number of nitrogens with zero attached hydrogens (tertiary/aromatic N) is 4. The number of benzene rings is 6. The van der Waals surface area contributed by atoms with Crippen molar-refractivity contribution in [3.05, 3.63) is 173 Å². The summed E-state index contributed by atoms with van der Waals surface area (Å²) in [6.45, 7) is 4.65. The van der Waals surface area contributed by atoms with Gasteiger partial charge in [0.2, 0.25) is 0 Å². The molecule has 1 unspecified atom stereocenters. The predicted octanol–water partition coefficient (Wildman–Crippen LogP) is 10.0. The minimum Gasteiger partial charge on any atom is -0.334 e. The van der Waals surface area contributed by atoms with Crippen LogP contribution in [0.1, 0.15) is 53.4 Å². The molecule has 5 nitrogen and oxygen atoms in total. The van der Waals surface area contributed by atoms with Crippen LogP contribution < -0.4 is 0 Å². The number of nitrogens with one attached hydrogen (secondary N) is 1. The van der Waals surface area contributed by atoms with Crippen LogP contribution in [0.25, 0.3) is 38.6 Å². The Morgan fingerprint density at radius 2 is 1.55 bits per heavy atom. The molecule has 1 atom stereocenters. The van der Waals surface area contributed by atoms with Crippen molar-refractivity contribution in [2.24, 2.45) is 4.99 Å². The lowest BCUT2D eigenvalue weighted by Crippen LogP contribution is -2.30. The molecule has 1 heterocycles. The molecule has 0 amide bonds. The Morgan fingerprint density at radius 3 is 2.39 bits per heavy atom. The third-order valence-electron chi connectivity index (χ3n) is 9.96. The predicted molar refractivity (Wildman–Crippen MR) is 201 cm³/mol. The monoisotopic (exact) mass is 633 g/mol. The fourth-order valence-electron chi connectivity index (χ4n) is 7.51. The minimum atomic E-state index is -0.446. The highest BCUT2D eigenvalue weighted by Crippen LogP contribution is 2.52. The van der Waals surface area contributed by atoms with E-state index in [9.17, 15) is 5.26 Å². The third-order valence-corrected chi connectivity index (χ3v) is 9.96. The van der Waals surface area contributed by atoms with Gasteiger partial charge in [0.15, 0.2) is 0 Å². The van der Waals surface area contributed by atoms with E-state index in [1.54, 1.807) is 12.1 Å². The number of aromatic nitrogens is 1. The lowest BCUT2D eigenvalue weighted by molar-refractivity contribution is 0.387. The molecule has 0 bridgehead atoms. The standard InChI is InChI=1S/C44H35N5/c1-44(2)37-21-9-7-20-36(37)40-38(44)24-23-35-34-19-8-10-22-39(34)49(41(35)40)33-18-12-14-30(26-33)28-47-43(31-15-5-4-6-16-31)48(3)42(46)32-17-11-13-29(25-32)27-45/h4-26,28,43,46H,1-3H3/b46-42?,47-28+. The molecule has 1 aliphatic carbocycles. The summed E-state index contributed by atoms with van der Waals surface area (Å²) in [5, 5.41) is 20.9. The van der Waals surface area contributed by atoms with Gasteiger partial charge in [0.1, 0.15) is 12.0 Å². The Kier molecular flexibility index (Phi) is 7.23. The zero-order valence-corrected chi connectivity index (χ0v) is 27.7. The summed E-state index contributed by atoms with van der Waals surface area (Å²) in [7, 11) is 1.88. The highest BCUT2D eigenvalue weighted by Gasteiger charge is 2.37. The highest BCUT2D eigenvalue weighted by molar-refractivity contribution is 6.15. The molecule has 1 aromatic heterocycles. The van der Waals surface area contributed by atoms with E-state index in [0.717, 1.165) is 22.3 Å². The van der Waals surface area contributed by atoms with E-state index in [4.69, 9.17) is 10.4 Å². The Hall–Kier alpha value is -6.25. The molecule has 0 radical (unpaired) electrons. The van der Waals surface area contributed by atoms with Gasteiger partial charge in [0.25, 0.3) is 0 Å². The van der Waals surface area contributed by atoms with Crippen molar-refractivity contribution in [2.45, 2.75) is 25.4 Å². The average molecular weight is 634 g/mol. The summed E-state index contributed by atoms with van der Waals surface area (Å²) in [5.41, 5.74) is 11.8. The van der Waals surface area contributed by atoms with Crippen LogP contribution in [0.3, 0.4) is 0 Å². The van der Waals surface area contributed by atoms with Gasteiger partial charge in [-0.05, 0) is 58.1 Å². The maximum absolute atomic E-state index is 9.44. The topological polar surface area (TPSA) is 68.2 Å². The van der Waals surface area contributed by atoms with E-state index >= 15 is 0 Å². The van der Waals surface area contributed by atoms with Crippen LogP contribution >= 0.6 is 0 Å². The molecule has 1 aliphatic rings. The van der Waals surface area contributed by atoms with Crippen molar-refractivity contribution >= 4 is 33.9 Å². The summed E-state index contributed by atoms with van der Waals surface area (Å²) in [4.78, 5) is 6.94. The molecule has 5 heteroatoms. The second-order valence-electron chi connectivity index (χ2n) is 13.2. The third kappa shape index (κ3) is 4.92. The first kappa shape index (κ1) is 30.1. The van der Waals surface area contributed by atoms with E-state index < -0.39 is 6.17 Å². The smallest absolute Gasteiger partial charge is 0.147 e. The van der Waals surface area contributed by atoms with Gasteiger partial charge in [-0.15, -0.1) is 0 Å². The minimum absolute atomic E-state index is 0.0992. The van der Waals surface area contributed by atoms with Crippen molar-refractivity contribution in [2.75, 3.05) is 7.05 Å². The van der Waals surface area contributed by atoms with Crippen LogP contribution in [0.5, 0.6) is 0 Å². The maximum Gasteiger partial charge on any atom is 0.147 e. The molecule has 49 heavy (non-hydrogen) atoms. The van der Waals surface area contributed by atoms with E-state index in [1.165, 1.54) is 38.5 Å². The van der Waals surface area contributed by atoms with E-state index in [-0.39, 0.29) is 5.41 Å². The van der Waals surface area contributed by atoms with Crippen LogP contribution in [0.15, 0.2) is 145 Å². The first-order valence-corrected chi connectivity index (χ1v) is 16.5. The summed E-state index contributed by atoms with van der Waals surface area (Å²) in [6, 6.07) is 50.0. The average Bonchev–Trinajstić information content (AvgIpc) is 3.60. The Morgan fingerprint density at radius 1 is 0.796 bits per heavy atom. The van der Waals surface area contributed by atoms with Crippen molar-refractivity contribution in [1.29, 1.82) is 10.7 Å². The van der Waals surface area contributed by atoms with E-state index in [0.29, 0.717) is 17.0 Å². The van der Waals surface area contributed by atoms with Crippen LogP contribution in [0.2, 0.25) is 0 Å². The quantitative estimate of drug-likeness (QED) is 0.146. The zero-order valence-electron chi connectivity index (χ0n) is 27.7. The number of nitriles is 1. The van der Waals surface area contributed by atoms with Crippen LogP contribution in [-0.4, -0.2) is 28.6 Å². The summed E-state index contributed by atoms with van der Waals surface area (Å²) < 4.78 is 2.41. The van der Waals surface area contributed by atoms with Crippen molar-refractivity contribution < 1.29 is 0 Å². The second-order valence-corrected chi connectivity index (χ2v) is 13.2. The first-order chi connectivity index (χ1) is 23.9. The number of aliphatic imine (C=N–C) groups is 1. The van der Waals surface area contributed by atoms with Crippen molar-refractivity contribution in [1.82, 2.24) is 9.47 Å². The van der Waals surface area contributed by atoms with E-state index in [2.05, 4.69) is 109 Å². The summed E-state index contributed by atoms with van der Waals surface area (Å²) in [6.07, 6.45) is 1.46. The molecule has 0 aliphatic heterocycles. The normalized spacial score (nSPS) is 13.7. The molecule has 1 N–H and O–H groups in total. The molecule has 0 saturated heterocycles. The molecule has 0 fully saturated rings. The maximum atomic E-state index is 9.44. The lowest BCUT2D eigenvalue weighted by Gasteiger charge is -2.28. The largest absolute Gasteiger partial charge is 0.334 e. The Labute approximate surface area is 286 Å². The molecule has 6 aromatic carbocycles. The molecule has 0 spiro atoms. The van der Waals surface area contributed by atoms with Gasteiger partial charge < -0.3 is 9.47 Å². The van der Waals surface area contributed by atoms with Gasteiger partial charge in [0, 0.05) is 46.3 Å². The van der Waals surface area contributed by atoms with Crippen LogP contribution in [0, 0.1) is 16.7 Å². The molecular formula is C44H35N5. The number of para-hydroxylation sites is 1. The van der Waals surface area contributed by atoms with E-state index in [1.807, 2.05) is 60.6 Å². The van der Waals surface area contributed by atoms with Crippen molar-refractivity contribution in [3.63, 3.8) is 0 Å². The Bertz CT molecular complexity index is 2480.